The third kappa shape index (κ3) is 2.59. The van der Waals surface area contributed by atoms with Gasteiger partial charge in [0.25, 0.3) is 0 Å². The number of para-hydroxylation sites is 2. The van der Waals surface area contributed by atoms with Crippen molar-refractivity contribution in [1.29, 1.82) is 0 Å². The van der Waals surface area contributed by atoms with Crippen LogP contribution in [0.5, 0.6) is 5.75 Å². The molecule has 0 radical (unpaired) electrons. The molecule has 27 heavy (non-hydrogen) atoms. The highest BCUT2D eigenvalue weighted by atomic mass is 16.5. The van der Waals surface area contributed by atoms with Crippen LogP contribution >= 0.6 is 0 Å². The van der Waals surface area contributed by atoms with Gasteiger partial charge in [0.05, 0.1) is 12.6 Å². The minimum absolute atomic E-state index is 0.210. The van der Waals surface area contributed by atoms with Gasteiger partial charge in [-0.2, -0.15) is 0 Å². The summed E-state index contributed by atoms with van der Waals surface area (Å²) < 4.78 is 5.81. The lowest BCUT2D eigenvalue weighted by molar-refractivity contribution is 0.121. The van der Waals surface area contributed by atoms with Gasteiger partial charge in [0.1, 0.15) is 5.75 Å². The molecule has 3 aliphatic rings. The first-order valence-electron chi connectivity index (χ1n) is 10.4. The quantitative estimate of drug-likeness (QED) is 0.802. The second-order valence-corrected chi connectivity index (χ2v) is 8.62. The third-order valence-corrected chi connectivity index (χ3v) is 7.28. The maximum absolute atomic E-state index is 5.81. The molecule has 3 heteroatoms. The molecule has 5 rings (SSSR count). The third-order valence-electron chi connectivity index (χ3n) is 7.28. The van der Waals surface area contributed by atoms with E-state index in [1.54, 1.807) is 0 Å². The van der Waals surface area contributed by atoms with Gasteiger partial charge in [-0.1, -0.05) is 43.3 Å². The number of rotatable bonds is 4. The number of methoxy groups -OCH3 is 1. The largest absolute Gasteiger partial charge is 0.496 e. The Bertz CT molecular complexity index is 785. The average Bonchev–Trinajstić information content (AvgIpc) is 3.14. The number of piperazine rings is 1. The monoisotopic (exact) mass is 362 g/mol. The predicted octanol–water partition coefficient (Wildman–Crippen LogP) is 4.39. The van der Waals surface area contributed by atoms with E-state index in [-0.39, 0.29) is 5.54 Å². The zero-order valence-corrected chi connectivity index (χ0v) is 16.5. The van der Waals surface area contributed by atoms with Crippen LogP contribution in [0.2, 0.25) is 0 Å². The van der Waals surface area contributed by atoms with Crippen molar-refractivity contribution in [1.82, 2.24) is 4.90 Å². The summed E-state index contributed by atoms with van der Waals surface area (Å²) in [5.41, 5.74) is 3.00. The Balaban J connectivity index is 1.42. The van der Waals surface area contributed by atoms with E-state index in [1.165, 1.54) is 24.1 Å². The maximum atomic E-state index is 5.81. The van der Waals surface area contributed by atoms with E-state index in [9.17, 15) is 0 Å². The summed E-state index contributed by atoms with van der Waals surface area (Å²) >= 11 is 0. The van der Waals surface area contributed by atoms with Gasteiger partial charge < -0.3 is 9.64 Å². The molecule has 4 atom stereocenters. The van der Waals surface area contributed by atoms with E-state index in [0.29, 0.717) is 0 Å². The molecule has 2 aliphatic carbocycles. The second kappa shape index (κ2) is 6.56. The summed E-state index contributed by atoms with van der Waals surface area (Å²) in [7, 11) is 1.82. The molecule has 1 aliphatic heterocycles. The Morgan fingerprint density at radius 3 is 2.15 bits per heavy atom. The first-order valence-corrected chi connectivity index (χ1v) is 10.4. The summed E-state index contributed by atoms with van der Waals surface area (Å²) in [6, 6.07) is 19.6. The predicted molar refractivity (Wildman–Crippen MR) is 110 cm³/mol. The van der Waals surface area contributed by atoms with Gasteiger partial charge in [0.2, 0.25) is 0 Å². The molecule has 0 amide bonds. The van der Waals surface area contributed by atoms with E-state index in [4.69, 9.17) is 4.74 Å². The summed E-state index contributed by atoms with van der Waals surface area (Å²) in [6.45, 7) is 6.90. The Morgan fingerprint density at radius 1 is 0.852 bits per heavy atom. The van der Waals surface area contributed by atoms with Crippen molar-refractivity contribution in [2.24, 2.45) is 17.8 Å². The van der Waals surface area contributed by atoms with Crippen LogP contribution in [0.25, 0.3) is 0 Å². The van der Waals surface area contributed by atoms with E-state index < -0.39 is 0 Å². The molecule has 0 bridgehead atoms. The molecule has 142 valence electrons. The molecule has 1 saturated heterocycles. The van der Waals surface area contributed by atoms with Crippen LogP contribution in [0.3, 0.4) is 0 Å². The van der Waals surface area contributed by atoms with E-state index >= 15 is 0 Å². The number of ether oxygens (including phenoxy) is 1. The van der Waals surface area contributed by atoms with Crippen molar-refractivity contribution in [2.45, 2.75) is 25.3 Å². The SMILES string of the molecule is COc1ccccc1C1(N2CCN(c3ccccc3)CC2)[C@@H]2CC(C)C[C@@H]21. The molecule has 0 spiro atoms. The maximum Gasteiger partial charge on any atom is 0.123 e. The van der Waals surface area contributed by atoms with Crippen molar-refractivity contribution in [3.05, 3.63) is 60.2 Å². The first-order chi connectivity index (χ1) is 13.2. The lowest BCUT2D eigenvalue weighted by atomic mass is 9.89. The average molecular weight is 363 g/mol. The van der Waals surface area contributed by atoms with Gasteiger partial charge in [-0.15, -0.1) is 0 Å². The van der Waals surface area contributed by atoms with Gasteiger partial charge in [0, 0.05) is 37.4 Å². The van der Waals surface area contributed by atoms with Crippen LogP contribution in [0.15, 0.2) is 54.6 Å². The summed E-state index contributed by atoms with van der Waals surface area (Å²) in [4.78, 5) is 5.33. The highest BCUT2D eigenvalue weighted by molar-refractivity contribution is 5.49. The van der Waals surface area contributed by atoms with Crippen molar-refractivity contribution in [3.8, 4) is 5.75 Å². The topological polar surface area (TPSA) is 15.7 Å². The molecular formula is C24H30N2O. The summed E-state index contributed by atoms with van der Waals surface area (Å²) in [5, 5.41) is 0. The fraction of sp³-hybridized carbons (Fsp3) is 0.500. The van der Waals surface area contributed by atoms with Crippen LogP contribution < -0.4 is 9.64 Å². The van der Waals surface area contributed by atoms with Gasteiger partial charge in [-0.3, -0.25) is 4.90 Å². The molecular weight excluding hydrogens is 332 g/mol. The highest BCUT2D eigenvalue weighted by Crippen LogP contribution is 2.71. The van der Waals surface area contributed by atoms with E-state index in [0.717, 1.165) is 49.7 Å². The van der Waals surface area contributed by atoms with Crippen LogP contribution in [0.4, 0.5) is 5.69 Å². The first kappa shape index (κ1) is 17.1. The smallest absolute Gasteiger partial charge is 0.123 e. The Morgan fingerprint density at radius 2 is 1.48 bits per heavy atom. The summed E-state index contributed by atoms with van der Waals surface area (Å²) in [6.07, 6.45) is 2.73. The number of hydrogen-bond acceptors (Lipinski definition) is 3. The molecule has 3 fully saturated rings. The van der Waals surface area contributed by atoms with Gasteiger partial charge >= 0.3 is 0 Å². The van der Waals surface area contributed by atoms with Crippen molar-refractivity contribution in [2.75, 3.05) is 38.2 Å². The summed E-state index contributed by atoms with van der Waals surface area (Å²) in [5.74, 6) is 3.54. The zero-order chi connectivity index (χ0) is 18.4. The van der Waals surface area contributed by atoms with Gasteiger partial charge in [0.15, 0.2) is 0 Å². The Hall–Kier alpha value is -2.00. The minimum atomic E-state index is 0.210. The standard InChI is InChI=1S/C24H30N2O/c1-18-16-21-22(17-18)24(21,20-10-6-7-11-23(20)27-2)26-14-12-25(13-15-26)19-8-4-3-5-9-19/h3-11,18,21-22H,12-17H2,1-2H3/t18?,21-,22+,24?. The minimum Gasteiger partial charge on any atom is -0.496 e. The van der Waals surface area contributed by atoms with E-state index in [1.807, 2.05) is 7.11 Å². The van der Waals surface area contributed by atoms with Crippen molar-refractivity contribution < 1.29 is 4.74 Å². The number of hydrogen-bond donors (Lipinski definition) is 0. The molecule has 1 heterocycles. The van der Waals surface area contributed by atoms with Crippen LogP contribution in [0, 0.1) is 17.8 Å². The Kier molecular flexibility index (Phi) is 4.16. The lowest BCUT2D eigenvalue weighted by Crippen LogP contribution is -2.52. The number of anilines is 1. The number of fused-ring (bicyclic) bond motifs is 1. The molecule has 2 aromatic rings. The molecule has 0 N–H and O–H groups in total. The Labute approximate surface area is 162 Å². The number of nitrogens with zero attached hydrogens (tertiary/aromatic N) is 2. The second-order valence-electron chi connectivity index (χ2n) is 8.62. The van der Waals surface area contributed by atoms with Gasteiger partial charge in [-0.25, -0.2) is 0 Å². The van der Waals surface area contributed by atoms with Crippen molar-refractivity contribution in [3.63, 3.8) is 0 Å². The highest BCUT2D eigenvalue weighted by Gasteiger charge is 2.71. The van der Waals surface area contributed by atoms with E-state index in [2.05, 4.69) is 71.3 Å². The van der Waals surface area contributed by atoms with Crippen molar-refractivity contribution >= 4 is 5.69 Å². The lowest BCUT2D eigenvalue weighted by Gasteiger charge is -2.43. The van der Waals surface area contributed by atoms with Crippen LogP contribution in [-0.4, -0.2) is 38.2 Å². The molecule has 2 aromatic carbocycles. The zero-order valence-electron chi connectivity index (χ0n) is 16.5. The molecule has 2 saturated carbocycles. The fourth-order valence-corrected chi connectivity index (χ4v) is 6.16. The normalized spacial score (nSPS) is 33.0. The molecule has 3 nitrogen and oxygen atoms in total. The van der Waals surface area contributed by atoms with Crippen LogP contribution in [0.1, 0.15) is 25.3 Å². The number of benzene rings is 2. The molecule has 2 unspecified atom stereocenters. The molecule has 0 aromatic heterocycles. The van der Waals surface area contributed by atoms with Gasteiger partial charge in [-0.05, 0) is 48.8 Å². The fourth-order valence-electron chi connectivity index (χ4n) is 6.16. The van der Waals surface area contributed by atoms with Crippen LogP contribution in [-0.2, 0) is 5.54 Å².